The summed E-state index contributed by atoms with van der Waals surface area (Å²) in [5, 5.41) is 66.7. The third kappa shape index (κ3) is 21.5. The van der Waals surface area contributed by atoms with E-state index in [0.717, 1.165) is 70.6 Å². The lowest BCUT2D eigenvalue weighted by Gasteiger charge is -2.14. The first-order valence-electron chi connectivity index (χ1n) is 18.2. The molecule has 51 heavy (non-hydrogen) atoms. The Morgan fingerprint density at radius 1 is 0.569 bits per heavy atom. The highest BCUT2D eigenvalue weighted by Gasteiger charge is 2.22. The molecular formula is C34H58B2N4O11. The van der Waals surface area contributed by atoms with Gasteiger partial charge in [-0.1, -0.05) is 70.3 Å². The fraction of sp³-hybridized carbons (Fsp3) is 0.676. The summed E-state index contributed by atoms with van der Waals surface area (Å²) >= 11 is 0. The zero-order valence-electron chi connectivity index (χ0n) is 29.9. The van der Waals surface area contributed by atoms with Crippen LogP contribution in [0.1, 0.15) is 126 Å². The maximum atomic E-state index is 12.4. The van der Waals surface area contributed by atoms with Crippen molar-refractivity contribution in [1.82, 2.24) is 21.3 Å². The second-order valence-corrected chi connectivity index (χ2v) is 12.9. The first-order chi connectivity index (χ1) is 24.3. The number of nitrogens with one attached hydrogen (secondary N) is 4. The van der Waals surface area contributed by atoms with Gasteiger partial charge in [-0.15, -0.1) is 0 Å². The standard InChI is InChI=1S/C34H58B2N4O11/c1-37-28(33(44)45)16-13-15-20-38-30(41)19-18-29(34(46)47)40-31(42)17-12-10-8-6-4-2-3-5-7-9-11-14-21-39-32(43)25-22-26(35(48)49)24-27(23-25)36(50)51/h22-24,28-29,37,48-51H,2-21H2,1H3,(H,38,41)(H,39,43)(H,40,42)(H,44,45)(H,46,47)/t28-,29-/m0/s1. The van der Waals surface area contributed by atoms with Crippen LogP contribution in [0.2, 0.25) is 0 Å². The molecule has 0 aliphatic carbocycles. The van der Waals surface area contributed by atoms with Crippen LogP contribution in [0.25, 0.3) is 0 Å². The van der Waals surface area contributed by atoms with Crippen LogP contribution in [-0.2, 0) is 19.2 Å². The average Bonchev–Trinajstić information content (AvgIpc) is 3.09. The van der Waals surface area contributed by atoms with Crippen LogP contribution < -0.4 is 32.2 Å². The molecule has 0 aliphatic heterocycles. The first-order valence-corrected chi connectivity index (χ1v) is 18.2. The summed E-state index contributed by atoms with van der Waals surface area (Å²) in [5.74, 6) is -3.18. The lowest BCUT2D eigenvalue weighted by atomic mass is 9.72. The van der Waals surface area contributed by atoms with E-state index in [4.69, 9.17) is 5.11 Å². The molecule has 0 radical (unpaired) electrons. The number of aliphatic carboxylic acids is 2. The summed E-state index contributed by atoms with van der Waals surface area (Å²) in [5.41, 5.74) is 0.126. The largest absolute Gasteiger partial charge is 0.488 e. The Balaban J connectivity index is 2.04. The zero-order chi connectivity index (χ0) is 38.0. The Labute approximate surface area is 301 Å². The van der Waals surface area contributed by atoms with Gasteiger partial charge in [0.25, 0.3) is 5.91 Å². The minimum atomic E-state index is -1.83. The van der Waals surface area contributed by atoms with Gasteiger partial charge in [0, 0.05) is 31.5 Å². The van der Waals surface area contributed by atoms with Crippen molar-refractivity contribution in [3.63, 3.8) is 0 Å². The molecule has 0 bridgehead atoms. The number of carbonyl (C=O) groups is 5. The van der Waals surface area contributed by atoms with Crippen molar-refractivity contribution >= 4 is 54.8 Å². The lowest BCUT2D eigenvalue weighted by Crippen LogP contribution is -2.41. The van der Waals surface area contributed by atoms with Gasteiger partial charge >= 0.3 is 26.2 Å². The van der Waals surface area contributed by atoms with Crippen LogP contribution in [0.15, 0.2) is 18.2 Å². The molecule has 10 N–H and O–H groups in total. The zero-order valence-corrected chi connectivity index (χ0v) is 29.9. The van der Waals surface area contributed by atoms with Crippen LogP contribution in [0.3, 0.4) is 0 Å². The molecule has 0 saturated carbocycles. The predicted molar refractivity (Wildman–Crippen MR) is 195 cm³/mol. The first kappa shape index (κ1) is 45.5. The minimum Gasteiger partial charge on any atom is -0.480 e. The molecule has 0 aliphatic rings. The van der Waals surface area contributed by atoms with E-state index in [2.05, 4.69) is 21.3 Å². The third-order valence-electron chi connectivity index (χ3n) is 8.63. The summed E-state index contributed by atoms with van der Waals surface area (Å²) < 4.78 is 0. The lowest BCUT2D eigenvalue weighted by molar-refractivity contribution is -0.142. The van der Waals surface area contributed by atoms with Crippen molar-refractivity contribution in [2.75, 3.05) is 20.1 Å². The summed E-state index contributed by atoms with van der Waals surface area (Å²) in [6, 6.07) is 2.06. The number of hydrogen-bond donors (Lipinski definition) is 10. The number of rotatable bonds is 30. The Bertz CT molecular complexity index is 1180. The second-order valence-electron chi connectivity index (χ2n) is 12.9. The summed E-state index contributed by atoms with van der Waals surface area (Å²) in [6.45, 7) is 0.827. The number of amides is 3. The topological polar surface area (TPSA) is 255 Å². The minimum absolute atomic E-state index is 0.00129. The monoisotopic (exact) mass is 720 g/mol. The molecule has 0 heterocycles. The van der Waals surface area contributed by atoms with Gasteiger partial charge in [-0.05, 0) is 68.6 Å². The molecule has 0 saturated heterocycles. The van der Waals surface area contributed by atoms with E-state index in [9.17, 15) is 49.2 Å². The fourth-order valence-corrected chi connectivity index (χ4v) is 5.57. The molecule has 0 fully saturated rings. The van der Waals surface area contributed by atoms with Crippen molar-refractivity contribution in [1.29, 1.82) is 0 Å². The maximum absolute atomic E-state index is 12.4. The van der Waals surface area contributed by atoms with E-state index in [1.807, 2.05) is 0 Å². The molecule has 0 unspecified atom stereocenters. The fourth-order valence-electron chi connectivity index (χ4n) is 5.57. The van der Waals surface area contributed by atoms with E-state index < -0.39 is 44.2 Å². The quantitative estimate of drug-likeness (QED) is 0.0377. The Morgan fingerprint density at radius 2 is 1.04 bits per heavy atom. The molecule has 3 amide bonds. The number of hydrogen-bond acceptors (Lipinski definition) is 10. The normalized spacial score (nSPS) is 12.1. The maximum Gasteiger partial charge on any atom is 0.488 e. The number of carboxylic acids is 2. The highest BCUT2D eigenvalue weighted by molar-refractivity contribution is 6.62. The highest BCUT2D eigenvalue weighted by Crippen LogP contribution is 2.13. The van der Waals surface area contributed by atoms with Crippen LogP contribution in [0.4, 0.5) is 0 Å². The molecule has 15 nitrogen and oxygen atoms in total. The Kier molecular flexibility index (Phi) is 24.3. The third-order valence-corrected chi connectivity index (χ3v) is 8.63. The van der Waals surface area contributed by atoms with Crippen molar-refractivity contribution < 1.29 is 54.3 Å². The molecule has 0 spiro atoms. The Hall–Kier alpha value is -3.50. The van der Waals surface area contributed by atoms with E-state index in [-0.39, 0.29) is 47.6 Å². The predicted octanol–water partition coefficient (Wildman–Crippen LogP) is 0.156. The molecular weight excluding hydrogens is 662 g/mol. The number of benzene rings is 1. The van der Waals surface area contributed by atoms with Gasteiger partial charge in [-0.2, -0.15) is 0 Å². The average molecular weight is 720 g/mol. The summed E-state index contributed by atoms with van der Waals surface area (Å²) in [7, 11) is -2.09. The number of likely N-dealkylation sites (N-methyl/N-ethyl adjacent to an activating group) is 1. The van der Waals surface area contributed by atoms with Crippen molar-refractivity contribution in [2.24, 2.45) is 0 Å². The van der Waals surface area contributed by atoms with Crippen molar-refractivity contribution in [2.45, 2.75) is 128 Å². The molecule has 2 atom stereocenters. The molecule has 1 rings (SSSR count). The van der Waals surface area contributed by atoms with Crippen molar-refractivity contribution in [3.8, 4) is 0 Å². The van der Waals surface area contributed by atoms with Crippen LogP contribution in [-0.4, -0.2) is 106 Å². The van der Waals surface area contributed by atoms with E-state index in [0.29, 0.717) is 38.8 Å². The van der Waals surface area contributed by atoms with Gasteiger partial charge in [0.1, 0.15) is 12.1 Å². The van der Waals surface area contributed by atoms with Gasteiger partial charge in [-0.3, -0.25) is 19.2 Å². The molecule has 1 aromatic carbocycles. The smallest absolute Gasteiger partial charge is 0.480 e. The van der Waals surface area contributed by atoms with Crippen molar-refractivity contribution in [3.05, 3.63) is 23.8 Å². The van der Waals surface area contributed by atoms with E-state index in [1.54, 1.807) is 7.05 Å². The van der Waals surface area contributed by atoms with Crippen LogP contribution in [0, 0.1) is 0 Å². The van der Waals surface area contributed by atoms with Crippen LogP contribution >= 0.6 is 0 Å². The van der Waals surface area contributed by atoms with Gasteiger partial charge in [-0.25, -0.2) is 4.79 Å². The van der Waals surface area contributed by atoms with Gasteiger partial charge in [0.15, 0.2) is 0 Å². The molecule has 1 aromatic rings. The number of carbonyl (C=O) groups excluding carboxylic acids is 3. The van der Waals surface area contributed by atoms with Gasteiger partial charge in [0.2, 0.25) is 11.8 Å². The van der Waals surface area contributed by atoms with E-state index >= 15 is 0 Å². The Morgan fingerprint density at radius 3 is 1.53 bits per heavy atom. The van der Waals surface area contributed by atoms with Crippen LogP contribution in [0.5, 0.6) is 0 Å². The van der Waals surface area contributed by atoms with Gasteiger partial charge in [0.05, 0.1) is 0 Å². The van der Waals surface area contributed by atoms with E-state index in [1.165, 1.54) is 18.2 Å². The highest BCUT2D eigenvalue weighted by atomic mass is 16.4. The number of carboxylic acid groups (broad SMARTS) is 2. The summed E-state index contributed by atoms with van der Waals surface area (Å²) in [6.07, 6.45) is 13.9. The van der Waals surface area contributed by atoms with Gasteiger partial charge < -0.3 is 51.6 Å². The second kappa shape index (κ2) is 27.2. The summed E-state index contributed by atoms with van der Waals surface area (Å²) in [4.78, 5) is 59.3. The number of unbranched alkanes of at least 4 members (excludes halogenated alkanes) is 12. The SMILES string of the molecule is CN[C@@H](CCCCNC(=O)CC[C@H](NC(=O)CCCCCCCCCCCCCCNC(=O)c1cc(B(O)O)cc(B(O)O)c1)C(=O)O)C(=O)O. The molecule has 286 valence electrons. The molecule has 17 heteroatoms. The molecule has 0 aromatic heterocycles.